The van der Waals surface area contributed by atoms with Crippen molar-refractivity contribution >= 4 is 15.9 Å². The molecule has 2 rings (SSSR count). The molecule has 0 bridgehead atoms. The highest BCUT2D eigenvalue weighted by Crippen LogP contribution is 2.40. The van der Waals surface area contributed by atoms with Gasteiger partial charge in [0.15, 0.2) is 0 Å². The lowest BCUT2D eigenvalue weighted by Gasteiger charge is -2.38. The van der Waals surface area contributed by atoms with Crippen LogP contribution >= 0.6 is 15.9 Å². The Morgan fingerprint density at radius 3 is 2.85 bits per heavy atom. The largest absolute Gasteiger partial charge is 0.378 e. The summed E-state index contributed by atoms with van der Waals surface area (Å²) in [6.07, 6.45) is 4.02. The zero-order chi connectivity index (χ0) is 14.8. The fourth-order valence-corrected chi connectivity index (χ4v) is 3.26. The van der Waals surface area contributed by atoms with Gasteiger partial charge in [0.05, 0.1) is 12.3 Å². The van der Waals surface area contributed by atoms with Gasteiger partial charge in [-0.15, -0.1) is 0 Å². The summed E-state index contributed by atoms with van der Waals surface area (Å²) < 4.78 is 11.3. The average Bonchev–Trinajstić information content (AvgIpc) is 2.43. The molecule has 1 aliphatic rings. The second-order valence-corrected chi connectivity index (χ2v) is 6.30. The lowest BCUT2D eigenvalue weighted by Crippen LogP contribution is -2.38. The second kappa shape index (κ2) is 6.37. The van der Waals surface area contributed by atoms with E-state index < -0.39 is 5.60 Å². The fourth-order valence-electron chi connectivity index (χ4n) is 2.95. The molecule has 2 unspecified atom stereocenters. The molecule has 1 saturated carbocycles. The summed E-state index contributed by atoms with van der Waals surface area (Å²) >= 11 is 3.26. The van der Waals surface area contributed by atoms with Crippen LogP contribution in [0.5, 0.6) is 0 Å². The number of halogens is 1. The Balaban J connectivity index is 2.46. The van der Waals surface area contributed by atoms with E-state index in [1.54, 1.807) is 14.2 Å². The number of nitrogens with zero attached hydrogens (tertiary/aromatic N) is 1. The lowest BCUT2D eigenvalue weighted by atomic mass is 9.78. The number of hydrogen-bond acceptors (Lipinski definition) is 4. The van der Waals surface area contributed by atoms with E-state index in [0.29, 0.717) is 28.5 Å². The number of H-pyrrole nitrogens is 1. The lowest BCUT2D eigenvalue weighted by molar-refractivity contribution is -0.0651. The summed E-state index contributed by atoms with van der Waals surface area (Å²) in [6.45, 7) is 2.51. The molecule has 1 heterocycles. The van der Waals surface area contributed by atoms with Crippen LogP contribution in [0.25, 0.3) is 0 Å². The van der Waals surface area contributed by atoms with Crippen molar-refractivity contribution in [2.24, 2.45) is 5.92 Å². The third-order valence-corrected chi connectivity index (χ3v) is 4.81. The predicted molar refractivity (Wildman–Crippen MR) is 79.6 cm³/mol. The van der Waals surface area contributed by atoms with Crippen molar-refractivity contribution in [3.8, 4) is 0 Å². The number of hydrogen-bond donors (Lipinski definition) is 1. The minimum atomic E-state index is -0.486. The Morgan fingerprint density at radius 2 is 2.25 bits per heavy atom. The Morgan fingerprint density at radius 1 is 1.50 bits per heavy atom. The van der Waals surface area contributed by atoms with Gasteiger partial charge in [-0.3, -0.25) is 4.79 Å². The summed E-state index contributed by atoms with van der Waals surface area (Å²) in [7, 11) is 3.28. The molecule has 20 heavy (non-hydrogen) atoms. The van der Waals surface area contributed by atoms with Gasteiger partial charge < -0.3 is 14.5 Å². The van der Waals surface area contributed by atoms with Gasteiger partial charge >= 0.3 is 0 Å². The first-order chi connectivity index (χ1) is 9.52. The molecule has 2 atom stereocenters. The van der Waals surface area contributed by atoms with Gasteiger partial charge in [0, 0.05) is 14.2 Å². The highest BCUT2D eigenvalue weighted by atomic mass is 79.9. The molecule has 6 heteroatoms. The maximum absolute atomic E-state index is 12.1. The molecule has 1 aromatic rings. The van der Waals surface area contributed by atoms with Gasteiger partial charge in [-0.25, -0.2) is 4.98 Å². The third kappa shape index (κ3) is 2.97. The van der Waals surface area contributed by atoms with Crippen LogP contribution in [-0.2, 0) is 21.7 Å². The summed E-state index contributed by atoms with van der Waals surface area (Å²) in [4.78, 5) is 19.5. The molecule has 0 spiro atoms. The van der Waals surface area contributed by atoms with Crippen molar-refractivity contribution in [1.29, 1.82) is 0 Å². The van der Waals surface area contributed by atoms with Gasteiger partial charge in [-0.1, -0.05) is 13.3 Å². The number of nitrogens with one attached hydrogen (secondary N) is 1. The third-order valence-electron chi connectivity index (χ3n) is 3.99. The molecule has 1 aliphatic carbocycles. The van der Waals surface area contributed by atoms with E-state index >= 15 is 0 Å². The minimum absolute atomic E-state index is 0.184. The van der Waals surface area contributed by atoms with Crippen molar-refractivity contribution in [3.63, 3.8) is 0 Å². The molecule has 1 aromatic heterocycles. The SMILES string of the molecule is COCc1nc(C2(OC)CCCC(C)C2)[nH]c(=O)c1Br. The zero-order valence-electron chi connectivity index (χ0n) is 12.2. The summed E-state index contributed by atoms with van der Waals surface area (Å²) in [5.41, 5.74) is -0.0578. The molecule has 112 valence electrons. The Bertz CT molecular complexity index is 532. The molecule has 0 radical (unpaired) electrons. The fraction of sp³-hybridized carbons (Fsp3) is 0.714. The molecular formula is C14H21BrN2O3. The first-order valence-electron chi connectivity index (χ1n) is 6.85. The van der Waals surface area contributed by atoms with Crippen LogP contribution in [0.15, 0.2) is 9.27 Å². The van der Waals surface area contributed by atoms with E-state index in [0.717, 1.165) is 19.3 Å². The number of ether oxygens (including phenoxy) is 2. The van der Waals surface area contributed by atoms with Crippen LogP contribution in [-0.4, -0.2) is 24.2 Å². The van der Waals surface area contributed by atoms with Crippen molar-refractivity contribution in [2.45, 2.75) is 44.8 Å². The Kier molecular flexibility index (Phi) is 4.99. The first kappa shape index (κ1) is 15.7. The number of methoxy groups -OCH3 is 2. The van der Waals surface area contributed by atoms with Gasteiger partial charge in [-0.2, -0.15) is 0 Å². The molecule has 1 fully saturated rings. The van der Waals surface area contributed by atoms with E-state index in [4.69, 9.17) is 9.47 Å². The summed E-state index contributed by atoms with van der Waals surface area (Å²) in [5.74, 6) is 1.18. The van der Waals surface area contributed by atoms with Crippen molar-refractivity contribution < 1.29 is 9.47 Å². The van der Waals surface area contributed by atoms with Gasteiger partial charge in [0.25, 0.3) is 5.56 Å². The smallest absolute Gasteiger partial charge is 0.265 e. The minimum Gasteiger partial charge on any atom is -0.378 e. The molecule has 0 amide bonds. The van der Waals surface area contributed by atoms with E-state index in [-0.39, 0.29) is 5.56 Å². The topological polar surface area (TPSA) is 64.2 Å². The van der Waals surface area contributed by atoms with Crippen molar-refractivity contribution in [3.05, 3.63) is 26.3 Å². The first-order valence-corrected chi connectivity index (χ1v) is 7.65. The van der Waals surface area contributed by atoms with E-state index in [2.05, 4.69) is 32.8 Å². The number of aromatic amines is 1. The van der Waals surface area contributed by atoms with E-state index in [1.165, 1.54) is 6.42 Å². The molecule has 1 N–H and O–H groups in total. The van der Waals surface area contributed by atoms with Crippen LogP contribution in [0.1, 0.15) is 44.1 Å². The maximum atomic E-state index is 12.1. The van der Waals surface area contributed by atoms with Crippen LogP contribution < -0.4 is 5.56 Å². The Hall–Kier alpha value is -0.720. The highest BCUT2D eigenvalue weighted by Gasteiger charge is 2.39. The second-order valence-electron chi connectivity index (χ2n) is 5.51. The number of rotatable bonds is 4. The monoisotopic (exact) mass is 344 g/mol. The van der Waals surface area contributed by atoms with E-state index in [1.807, 2.05) is 0 Å². The van der Waals surface area contributed by atoms with Crippen LogP contribution in [0.2, 0.25) is 0 Å². The van der Waals surface area contributed by atoms with E-state index in [9.17, 15) is 4.79 Å². The maximum Gasteiger partial charge on any atom is 0.265 e. The molecule has 0 aromatic carbocycles. The van der Waals surface area contributed by atoms with Crippen molar-refractivity contribution in [2.75, 3.05) is 14.2 Å². The van der Waals surface area contributed by atoms with Gasteiger partial charge in [0.2, 0.25) is 0 Å². The van der Waals surface area contributed by atoms with Crippen LogP contribution in [0.3, 0.4) is 0 Å². The van der Waals surface area contributed by atoms with Crippen molar-refractivity contribution in [1.82, 2.24) is 9.97 Å². The van der Waals surface area contributed by atoms with Gasteiger partial charge in [0.1, 0.15) is 15.9 Å². The average molecular weight is 345 g/mol. The van der Waals surface area contributed by atoms with Gasteiger partial charge in [-0.05, 0) is 41.1 Å². The highest BCUT2D eigenvalue weighted by molar-refractivity contribution is 9.10. The zero-order valence-corrected chi connectivity index (χ0v) is 13.7. The quantitative estimate of drug-likeness (QED) is 0.911. The predicted octanol–water partition coefficient (Wildman–Crippen LogP) is 2.73. The molecule has 0 saturated heterocycles. The number of aromatic nitrogens is 2. The van der Waals surface area contributed by atoms with Crippen LogP contribution in [0.4, 0.5) is 0 Å². The molecule has 5 nitrogen and oxygen atoms in total. The Labute approximate surface area is 127 Å². The standard InChI is InChI=1S/C14H21BrN2O3/c1-9-5-4-6-14(7-9,20-3)13-16-10(8-19-2)11(15)12(18)17-13/h9H,4-8H2,1-3H3,(H,16,17,18). The molecule has 0 aliphatic heterocycles. The molecular weight excluding hydrogens is 324 g/mol. The van der Waals surface area contributed by atoms with Crippen LogP contribution in [0, 0.1) is 5.92 Å². The normalized spacial score (nSPS) is 26.7. The summed E-state index contributed by atoms with van der Waals surface area (Å²) in [6, 6.07) is 0. The summed E-state index contributed by atoms with van der Waals surface area (Å²) in [5, 5.41) is 0.